The molecule has 0 fully saturated rings. The average molecular weight is 330 g/mol. The van der Waals surface area contributed by atoms with Gasteiger partial charge in [-0.2, -0.15) is 5.26 Å². The highest BCUT2D eigenvalue weighted by molar-refractivity contribution is 9.10. The summed E-state index contributed by atoms with van der Waals surface area (Å²) in [5.74, 6) is -0.633. The maximum Gasteiger partial charge on any atom is 0.349 e. The van der Waals surface area contributed by atoms with Crippen LogP contribution in [0.5, 0.6) is 0 Å². The number of halogens is 1. The molecule has 0 bridgehead atoms. The molecule has 0 saturated heterocycles. The minimum absolute atomic E-state index is 0.0210. The van der Waals surface area contributed by atoms with Crippen LogP contribution in [-0.2, 0) is 14.3 Å². The van der Waals surface area contributed by atoms with Crippen LogP contribution < -0.4 is 0 Å². The van der Waals surface area contributed by atoms with Gasteiger partial charge in [-0.3, -0.25) is 0 Å². The van der Waals surface area contributed by atoms with Crippen molar-refractivity contribution in [3.05, 3.63) is 26.4 Å². The summed E-state index contributed by atoms with van der Waals surface area (Å²) >= 11 is 4.74. The molecule has 0 N–H and O–H groups in total. The van der Waals surface area contributed by atoms with Crippen LogP contribution in [0.4, 0.5) is 0 Å². The van der Waals surface area contributed by atoms with E-state index in [1.165, 1.54) is 24.5 Å². The second-order valence-corrected chi connectivity index (χ2v) is 5.37. The number of methoxy groups -OCH3 is 1. The molecule has 1 atom stereocenters. The molecular weight excluding hydrogens is 318 g/mol. The number of esters is 1. The van der Waals surface area contributed by atoms with Gasteiger partial charge in [0, 0.05) is 21.8 Å². The molecule has 18 heavy (non-hydrogen) atoms. The lowest BCUT2D eigenvalue weighted by atomic mass is 10.2. The molecule has 1 aromatic rings. The summed E-state index contributed by atoms with van der Waals surface area (Å²) in [5.41, 5.74) is -0.0210. The fraction of sp³-hybridized carbons (Fsp3) is 0.333. The van der Waals surface area contributed by atoms with E-state index in [1.54, 1.807) is 6.92 Å². The first-order valence-corrected chi connectivity index (χ1v) is 6.79. The molecule has 0 unspecified atom stereocenters. The van der Waals surface area contributed by atoms with Crippen molar-refractivity contribution in [3.8, 4) is 6.07 Å². The predicted molar refractivity (Wildman–Crippen MR) is 73.0 cm³/mol. The molecule has 0 aliphatic carbocycles. The number of nitrogens with zero attached hydrogens (tertiary/aromatic N) is 1. The van der Waals surface area contributed by atoms with Gasteiger partial charge in [0.1, 0.15) is 17.7 Å². The molecule has 1 heterocycles. The maximum absolute atomic E-state index is 11.7. The third-order valence-electron chi connectivity index (χ3n) is 1.92. The highest BCUT2D eigenvalue weighted by Gasteiger charge is 2.15. The molecule has 0 aliphatic rings. The van der Waals surface area contributed by atoms with Crippen molar-refractivity contribution >= 4 is 39.3 Å². The summed E-state index contributed by atoms with van der Waals surface area (Å²) < 4.78 is 10.8. The van der Waals surface area contributed by atoms with E-state index in [2.05, 4.69) is 15.9 Å². The minimum atomic E-state index is -0.633. The van der Waals surface area contributed by atoms with Crippen LogP contribution >= 0.6 is 27.3 Å². The van der Waals surface area contributed by atoms with Gasteiger partial charge >= 0.3 is 5.97 Å². The van der Waals surface area contributed by atoms with E-state index in [9.17, 15) is 4.79 Å². The van der Waals surface area contributed by atoms with Gasteiger partial charge in [0.2, 0.25) is 0 Å². The number of carbonyl (C=O) groups is 1. The van der Waals surface area contributed by atoms with Gasteiger partial charge in [0.15, 0.2) is 0 Å². The molecule has 0 aliphatic heterocycles. The van der Waals surface area contributed by atoms with Crippen LogP contribution in [0.2, 0.25) is 0 Å². The summed E-state index contributed by atoms with van der Waals surface area (Å²) in [6, 6.07) is 3.67. The van der Waals surface area contributed by atoms with Gasteiger partial charge in [0.05, 0.1) is 6.61 Å². The van der Waals surface area contributed by atoms with E-state index >= 15 is 0 Å². The van der Waals surface area contributed by atoms with Crippen molar-refractivity contribution in [1.82, 2.24) is 0 Å². The van der Waals surface area contributed by atoms with Crippen molar-refractivity contribution in [3.63, 3.8) is 0 Å². The maximum atomic E-state index is 11.7. The Morgan fingerprint density at radius 1 is 1.72 bits per heavy atom. The molecule has 0 amide bonds. The van der Waals surface area contributed by atoms with Crippen LogP contribution in [0.25, 0.3) is 6.08 Å². The Labute approximate surface area is 118 Å². The van der Waals surface area contributed by atoms with Gasteiger partial charge in [-0.25, -0.2) is 4.79 Å². The van der Waals surface area contributed by atoms with Gasteiger partial charge in [-0.1, -0.05) is 0 Å². The number of rotatable bonds is 5. The zero-order valence-electron chi connectivity index (χ0n) is 9.97. The van der Waals surface area contributed by atoms with Crippen molar-refractivity contribution in [2.75, 3.05) is 13.7 Å². The third-order valence-corrected chi connectivity index (χ3v) is 3.56. The summed E-state index contributed by atoms with van der Waals surface area (Å²) in [4.78, 5) is 12.5. The van der Waals surface area contributed by atoms with E-state index in [4.69, 9.17) is 14.7 Å². The number of ether oxygens (including phenoxy) is 2. The summed E-state index contributed by atoms with van der Waals surface area (Å²) in [6.07, 6.45) is 1.13. The lowest BCUT2D eigenvalue weighted by Gasteiger charge is -2.11. The second kappa shape index (κ2) is 7.31. The first kappa shape index (κ1) is 14.9. The SMILES string of the molecule is COC[C@@H](C)OC(=O)/C(C#N)=C/c1cc(Br)cs1. The third kappa shape index (κ3) is 4.61. The van der Waals surface area contributed by atoms with Crippen molar-refractivity contribution < 1.29 is 14.3 Å². The molecule has 0 saturated carbocycles. The van der Waals surface area contributed by atoms with Crippen LogP contribution in [0.1, 0.15) is 11.8 Å². The zero-order chi connectivity index (χ0) is 13.5. The Balaban J connectivity index is 2.75. The van der Waals surface area contributed by atoms with Crippen LogP contribution in [0.3, 0.4) is 0 Å². The zero-order valence-corrected chi connectivity index (χ0v) is 12.4. The van der Waals surface area contributed by atoms with E-state index in [1.807, 2.05) is 17.5 Å². The van der Waals surface area contributed by atoms with E-state index in [0.717, 1.165) is 9.35 Å². The molecule has 0 radical (unpaired) electrons. The largest absolute Gasteiger partial charge is 0.456 e. The minimum Gasteiger partial charge on any atom is -0.456 e. The molecule has 1 aromatic heterocycles. The summed E-state index contributed by atoms with van der Waals surface area (Å²) in [7, 11) is 1.52. The van der Waals surface area contributed by atoms with E-state index in [0.29, 0.717) is 6.61 Å². The van der Waals surface area contributed by atoms with Crippen LogP contribution in [0.15, 0.2) is 21.5 Å². The highest BCUT2D eigenvalue weighted by atomic mass is 79.9. The number of hydrogen-bond donors (Lipinski definition) is 0. The average Bonchev–Trinajstić information content (AvgIpc) is 2.71. The lowest BCUT2D eigenvalue weighted by molar-refractivity contribution is -0.145. The molecule has 6 heteroatoms. The molecule has 1 rings (SSSR count). The topological polar surface area (TPSA) is 59.3 Å². The first-order valence-electron chi connectivity index (χ1n) is 5.12. The molecular formula is C12H12BrNO3S. The fourth-order valence-corrected chi connectivity index (χ4v) is 2.57. The van der Waals surface area contributed by atoms with Crippen LogP contribution in [-0.4, -0.2) is 25.8 Å². The van der Waals surface area contributed by atoms with Gasteiger partial charge < -0.3 is 9.47 Å². The molecule has 0 aromatic carbocycles. The standard InChI is InChI=1S/C12H12BrNO3S/c1-8(6-16-2)17-12(15)9(5-14)3-11-4-10(13)7-18-11/h3-4,7-8H,6H2,1-2H3/b9-3+/t8-/m1/s1. The number of thiophene rings is 1. The van der Waals surface area contributed by atoms with Crippen molar-refractivity contribution in [2.45, 2.75) is 13.0 Å². The molecule has 4 nitrogen and oxygen atoms in total. The van der Waals surface area contributed by atoms with Gasteiger partial charge in [-0.15, -0.1) is 11.3 Å². The fourth-order valence-electron chi connectivity index (χ4n) is 1.20. The van der Waals surface area contributed by atoms with Crippen LogP contribution in [0, 0.1) is 11.3 Å². The molecule has 0 spiro atoms. The van der Waals surface area contributed by atoms with E-state index in [-0.39, 0.29) is 11.7 Å². The number of nitriles is 1. The Morgan fingerprint density at radius 2 is 2.44 bits per heavy atom. The number of hydrogen-bond acceptors (Lipinski definition) is 5. The lowest BCUT2D eigenvalue weighted by Crippen LogP contribution is -2.20. The quantitative estimate of drug-likeness (QED) is 0.473. The Kier molecular flexibility index (Phi) is 6.05. The smallest absolute Gasteiger partial charge is 0.349 e. The van der Waals surface area contributed by atoms with Crippen molar-refractivity contribution in [1.29, 1.82) is 5.26 Å². The Hall–Kier alpha value is -1.16. The normalized spacial score (nSPS) is 12.9. The van der Waals surface area contributed by atoms with E-state index < -0.39 is 5.97 Å². The van der Waals surface area contributed by atoms with Crippen molar-refractivity contribution in [2.24, 2.45) is 0 Å². The highest BCUT2D eigenvalue weighted by Crippen LogP contribution is 2.22. The summed E-state index contributed by atoms with van der Waals surface area (Å²) in [6.45, 7) is 2.01. The molecule has 96 valence electrons. The monoisotopic (exact) mass is 329 g/mol. The van der Waals surface area contributed by atoms with Gasteiger partial charge in [-0.05, 0) is 35.0 Å². The first-order chi connectivity index (χ1) is 8.56. The second-order valence-electron chi connectivity index (χ2n) is 3.51. The Bertz CT molecular complexity index is 490. The summed E-state index contributed by atoms with van der Waals surface area (Å²) in [5, 5.41) is 10.8. The Morgan fingerprint density at radius 3 is 2.94 bits per heavy atom. The predicted octanol–water partition coefficient (Wildman–Crippen LogP) is 3.00. The van der Waals surface area contributed by atoms with Gasteiger partial charge in [0.25, 0.3) is 0 Å². The number of carbonyl (C=O) groups excluding carboxylic acids is 1.